The van der Waals surface area contributed by atoms with E-state index in [0.29, 0.717) is 5.92 Å². The summed E-state index contributed by atoms with van der Waals surface area (Å²) in [6.45, 7) is 5.07. The summed E-state index contributed by atoms with van der Waals surface area (Å²) in [6.07, 6.45) is 4.98. The van der Waals surface area contributed by atoms with Gasteiger partial charge in [-0.2, -0.15) is 0 Å². The SMILES string of the molecule is Cc1ccnc2nc(CCC(C)CCN)[nH]c12. The highest BCUT2D eigenvalue weighted by Gasteiger charge is 2.07. The zero-order valence-corrected chi connectivity index (χ0v) is 10.5. The first kappa shape index (κ1) is 12.0. The molecular formula is C13H20N4. The van der Waals surface area contributed by atoms with E-state index in [2.05, 4.69) is 28.8 Å². The van der Waals surface area contributed by atoms with Gasteiger partial charge in [-0.3, -0.25) is 0 Å². The Morgan fingerprint density at radius 3 is 2.94 bits per heavy atom. The second kappa shape index (κ2) is 5.27. The predicted octanol–water partition coefficient (Wildman–Crippen LogP) is 2.18. The third-order valence-corrected chi connectivity index (χ3v) is 3.18. The minimum absolute atomic E-state index is 0.655. The number of hydrogen-bond donors (Lipinski definition) is 2. The summed E-state index contributed by atoms with van der Waals surface area (Å²) in [5.74, 6) is 1.69. The Balaban J connectivity index is 2.07. The molecule has 0 amide bonds. The quantitative estimate of drug-likeness (QED) is 0.830. The van der Waals surface area contributed by atoms with Crippen molar-refractivity contribution < 1.29 is 0 Å². The van der Waals surface area contributed by atoms with Gasteiger partial charge in [0.25, 0.3) is 0 Å². The van der Waals surface area contributed by atoms with Crippen LogP contribution in [-0.4, -0.2) is 21.5 Å². The Morgan fingerprint density at radius 2 is 2.24 bits per heavy atom. The molecule has 3 N–H and O–H groups in total. The normalized spacial score (nSPS) is 13.1. The van der Waals surface area contributed by atoms with Gasteiger partial charge in [-0.25, -0.2) is 9.97 Å². The van der Waals surface area contributed by atoms with Crippen LogP contribution in [0.1, 0.15) is 31.2 Å². The lowest BCUT2D eigenvalue weighted by Gasteiger charge is -2.07. The van der Waals surface area contributed by atoms with E-state index in [1.807, 2.05) is 6.07 Å². The van der Waals surface area contributed by atoms with Crippen molar-refractivity contribution in [3.05, 3.63) is 23.7 Å². The van der Waals surface area contributed by atoms with Gasteiger partial charge in [0.1, 0.15) is 5.82 Å². The van der Waals surface area contributed by atoms with Gasteiger partial charge in [-0.1, -0.05) is 6.92 Å². The fourth-order valence-electron chi connectivity index (χ4n) is 2.01. The Hall–Kier alpha value is -1.42. The molecule has 0 aliphatic heterocycles. The zero-order chi connectivity index (χ0) is 12.3. The number of aromatic nitrogens is 3. The summed E-state index contributed by atoms with van der Waals surface area (Å²) in [7, 11) is 0. The molecule has 4 heteroatoms. The minimum Gasteiger partial charge on any atom is -0.340 e. The number of pyridine rings is 1. The number of H-pyrrole nitrogens is 1. The molecule has 0 aromatic carbocycles. The lowest BCUT2D eigenvalue weighted by atomic mass is 10.0. The van der Waals surface area contributed by atoms with E-state index in [9.17, 15) is 0 Å². The van der Waals surface area contributed by atoms with Crippen molar-refractivity contribution >= 4 is 11.2 Å². The molecule has 0 bridgehead atoms. The van der Waals surface area contributed by atoms with E-state index in [-0.39, 0.29) is 0 Å². The lowest BCUT2D eigenvalue weighted by Crippen LogP contribution is -2.06. The van der Waals surface area contributed by atoms with E-state index in [0.717, 1.165) is 42.8 Å². The topological polar surface area (TPSA) is 67.6 Å². The highest BCUT2D eigenvalue weighted by molar-refractivity contribution is 5.74. The standard InChI is InChI=1S/C13H20N4/c1-9(5-7-14)3-4-11-16-12-10(2)6-8-15-13(12)17-11/h6,8-9H,3-5,7,14H2,1-2H3,(H,15,16,17). The molecule has 2 aromatic heterocycles. The van der Waals surface area contributed by atoms with Crippen molar-refractivity contribution in [1.29, 1.82) is 0 Å². The number of aryl methyl sites for hydroxylation is 2. The first-order valence-electron chi connectivity index (χ1n) is 6.21. The fraction of sp³-hybridized carbons (Fsp3) is 0.538. The first-order valence-corrected chi connectivity index (χ1v) is 6.21. The molecule has 4 nitrogen and oxygen atoms in total. The average Bonchev–Trinajstić information content (AvgIpc) is 2.71. The highest BCUT2D eigenvalue weighted by atomic mass is 15.0. The maximum atomic E-state index is 5.55. The monoisotopic (exact) mass is 232 g/mol. The molecule has 0 saturated heterocycles. The van der Waals surface area contributed by atoms with Gasteiger partial charge in [0.15, 0.2) is 5.65 Å². The van der Waals surface area contributed by atoms with Gasteiger partial charge in [-0.15, -0.1) is 0 Å². The van der Waals surface area contributed by atoms with Crippen molar-refractivity contribution in [1.82, 2.24) is 15.0 Å². The van der Waals surface area contributed by atoms with Crippen LogP contribution in [0.5, 0.6) is 0 Å². The molecule has 2 heterocycles. The van der Waals surface area contributed by atoms with Crippen molar-refractivity contribution in [2.24, 2.45) is 11.7 Å². The predicted molar refractivity (Wildman–Crippen MR) is 69.8 cm³/mol. The summed E-state index contributed by atoms with van der Waals surface area (Å²) in [6, 6.07) is 2.00. The van der Waals surface area contributed by atoms with E-state index in [4.69, 9.17) is 5.73 Å². The van der Waals surface area contributed by atoms with Crippen LogP contribution in [0.15, 0.2) is 12.3 Å². The largest absolute Gasteiger partial charge is 0.340 e. The average molecular weight is 232 g/mol. The number of rotatable bonds is 5. The van der Waals surface area contributed by atoms with E-state index >= 15 is 0 Å². The van der Waals surface area contributed by atoms with Crippen LogP contribution < -0.4 is 5.73 Å². The Morgan fingerprint density at radius 1 is 1.41 bits per heavy atom. The van der Waals surface area contributed by atoms with Gasteiger partial charge in [0.2, 0.25) is 0 Å². The van der Waals surface area contributed by atoms with E-state index in [1.54, 1.807) is 6.20 Å². The molecule has 0 aliphatic rings. The summed E-state index contributed by atoms with van der Waals surface area (Å²) < 4.78 is 0. The van der Waals surface area contributed by atoms with Crippen LogP contribution >= 0.6 is 0 Å². The lowest BCUT2D eigenvalue weighted by molar-refractivity contribution is 0.495. The zero-order valence-electron chi connectivity index (χ0n) is 10.5. The van der Waals surface area contributed by atoms with Crippen molar-refractivity contribution in [3.8, 4) is 0 Å². The summed E-state index contributed by atoms with van der Waals surface area (Å²) in [5.41, 5.74) is 8.63. The molecule has 2 rings (SSSR count). The van der Waals surface area contributed by atoms with E-state index < -0.39 is 0 Å². The number of hydrogen-bond acceptors (Lipinski definition) is 3. The molecule has 1 unspecified atom stereocenters. The number of aromatic amines is 1. The van der Waals surface area contributed by atoms with Crippen LogP contribution in [0, 0.1) is 12.8 Å². The Kier molecular flexibility index (Phi) is 3.74. The second-order valence-electron chi connectivity index (χ2n) is 4.73. The second-order valence-corrected chi connectivity index (χ2v) is 4.73. The molecule has 0 spiro atoms. The van der Waals surface area contributed by atoms with E-state index in [1.165, 1.54) is 5.56 Å². The summed E-state index contributed by atoms with van der Waals surface area (Å²) in [5, 5.41) is 0. The molecule has 0 fully saturated rings. The van der Waals surface area contributed by atoms with Crippen LogP contribution in [-0.2, 0) is 6.42 Å². The Bertz CT molecular complexity index is 489. The number of imidazole rings is 1. The van der Waals surface area contributed by atoms with Gasteiger partial charge in [-0.05, 0) is 43.9 Å². The first-order chi connectivity index (χ1) is 8.20. The van der Waals surface area contributed by atoms with Crippen molar-refractivity contribution in [2.45, 2.75) is 33.1 Å². The van der Waals surface area contributed by atoms with Crippen LogP contribution in [0.25, 0.3) is 11.2 Å². The number of nitrogens with zero attached hydrogens (tertiary/aromatic N) is 2. The number of nitrogens with one attached hydrogen (secondary N) is 1. The Labute approximate surface area is 102 Å². The number of nitrogens with two attached hydrogens (primary N) is 1. The van der Waals surface area contributed by atoms with Gasteiger partial charge >= 0.3 is 0 Å². The molecule has 0 aliphatic carbocycles. The number of fused-ring (bicyclic) bond motifs is 1. The third kappa shape index (κ3) is 2.82. The maximum absolute atomic E-state index is 5.55. The highest BCUT2D eigenvalue weighted by Crippen LogP contribution is 2.15. The minimum atomic E-state index is 0.655. The molecule has 2 aromatic rings. The molecule has 92 valence electrons. The van der Waals surface area contributed by atoms with Crippen molar-refractivity contribution in [2.75, 3.05) is 6.54 Å². The van der Waals surface area contributed by atoms with Crippen LogP contribution in [0.3, 0.4) is 0 Å². The molecule has 0 radical (unpaired) electrons. The van der Waals surface area contributed by atoms with Gasteiger partial charge < -0.3 is 10.7 Å². The fourth-order valence-corrected chi connectivity index (χ4v) is 2.01. The van der Waals surface area contributed by atoms with Gasteiger partial charge in [0, 0.05) is 12.6 Å². The van der Waals surface area contributed by atoms with Crippen molar-refractivity contribution in [3.63, 3.8) is 0 Å². The molecular weight excluding hydrogens is 212 g/mol. The van der Waals surface area contributed by atoms with Crippen LogP contribution in [0.2, 0.25) is 0 Å². The van der Waals surface area contributed by atoms with Gasteiger partial charge in [0.05, 0.1) is 5.52 Å². The maximum Gasteiger partial charge on any atom is 0.177 e. The molecule has 1 atom stereocenters. The summed E-state index contributed by atoms with van der Waals surface area (Å²) in [4.78, 5) is 12.1. The molecule has 0 saturated carbocycles. The molecule has 17 heavy (non-hydrogen) atoms. The summed E-state index contributed by atoms with van der Waals surface area (Å²) >= 11 is 0. The third-order valence-electron chi connectivity index (χ3n) is 3.18. The van der Waals surface area contributed by atoms with Crippen LogP contribution in [0.4, 0.5) is 0 Å². The smallest absolute Gasteiger partial charge is 0.177 e.